The number of carbonyl (C=O) groups is 2. The van der Waals surface area contributed by atoms with Gasteiger partial charge in [0.05, 0.1) is 5.56 Å². The van der Waals surface area contributed by atoms with E-state index in [2.05, 4.69) is 5.32 Å². The van der Waals surface area contributed by atoms with Gasteiger partial charge >= 0.3 is 5.97 Å². The first-order valence-corrected chi connectivity index (χ1v) is 8.89. The van der Waals surface area contributed by atoms with Gasteiger partial charge < -0.3 is 15.5 Å². The molecule has 1 amide bonds. The number of para-hydroxylation sites is 1. The third-order valence-corrected chi connectivity index (χ3v) is 4.00. The minimum Gasteiger partial charge on any atom is -0.507 e. The van der Waals surface area contributed by atoms with Crippen LogP contribution in [0.25, 0.3) is 0 Å². The Bertz CT molecular complexity index is 508. The Kier molecular flexibility index (Phi) is 10.3. The lowest BCUT2D eigenvalue weighted by molar-refractivity contribution is -0.137. The Morgan fingerprint density at radius 2 is 1.42 bits per heavy atom. The number of phenols is 1. The standard InChI is InChI=1S/C19H29NO4.H2/c21-17-13-10-9-12-16(17)19(24)20-15-11-7-5-3-1-2-4-6-8-14-18(22)23;/h9-10,12-13,21H,1-8,11,14-15H2,(H,20,24)(H,22,23);1H. The molecule has 0 aliphatic rings. The molecular formula is C19H31NO4. The lowest BCUT2D eigenvalue weighted by atomic mass is 10.1. The van der Waals surface area contributed by atoms with Gasteiger partial charge in [0.1, 0.15) is 5.75 Å². The monoisotopic (exact) mass is 337 g/mol. The zero-order chi connectivity index (χ0) is 17.6. The Morgan fingerprint density at radius 1 is 0.875 bits per heavy atom. The number of nitrogens with one attached hydrogen (secondary N) is 1. The molecule has 136 valence electrons. The SMILES string of the molecule is O=C(O)CCCCCCCCCCCNC(=O)c1ccccc1O.[HH]. The van der Waals surface area contributed by atoms with Gasteiger partial charge in [-0.15, -0.1) is 0 Å². The lowest BCUT2D eigenvalue weighted by Gasteiger charge is -2.06. The van der Waals surface area contributed by atoms with Crippen molar-refractivity contribution in [1.29, 1.82) is 0 Å². The fourth-order valence-corrected chi connectivity index (χ4v) is 2.60. The van der Waals surface area contributed by atoms with Gasteiger partial charge in [-0.1, -0.05) is 57.1 Å². The molecule has 1 aromatic rings. The van der Waals surface area contributed by atoms with Gasteiger partial charge in [-0.3, -0.25) is 9.59 Å². The van der Waals surface area contributed by atoms with E-state index in [4.69, 9.17) is 5.11 Å². The van der Waals surface area contributed by atoms with Crippen LogP contribution < -0.4 is 5.32 Å². The van der Waals surface area contributed by atoms with Gasteiger partial charge in [-0.2, -0.15) is 0 Å². The summed E-state index contributed by atoms with van der Waals surface area (Å²) in [6.07, 6.45) is 9.92. The normalized spacial score (nSPS) is 10.5. The smallest absolute Gasteiger partial charge is 0.303 e. The maximum atomic E-state index is 11.9. The molecule has 0 saturated carbocycles. The van der Waals surface area contributed by atoms with Crippen LogP contribution in [0, 0.1) is 0 Å². The summed E-state index contributed by atoms with van der Waals surface area (Å²) in [6.45, 7) is 0.627. The molecule has 0 radical (unpaired) electrons. The summed E-state index contributed by atoms with van der Waals surface area (Å²) in [4.78, 5) is 22.2. The number of hydrogen-bond acceptors (Lipinski definition) is 3. The zero-order valence-electron chi connectivity index (χ0n) is 14.3. The Labute approximate surface area is 145 Å². The molecule has 0 aromatic heterocycles. The number of amides is 1. The lowest BCUT2D eigenvalue weighted by Crippen LogP contribution is -2.24. The zero-order valence-corrected chi connectivity index (χ0v) is 14.3. The maximum absolute atomic E-state index is 11.9. The molecule has 0 atom stereocenters. The van der Waals surface area contributed by atoms with Crippen molar-refractivity contribution in [3.63, 3.8) is 0 Å². The van der Waals surface area contributed by atoms with Crippen LogP contribution in [0.2, 0.25) is 0 Å². The molecule has 1 aromatic carbocycles. The summed E-state index contributed by atoms with van der Waals surface area (Å²) in [7, 11) is 0. The number of carbonyl (C=O) groups excluding carboxylic acids is 1. The van der Waals surface area contributed by atoms with E-state index >= 15 is 0 Å². The number of benzene rings is 1. The molecule has 0 unspecified atom stereocenters. The first-order valence-electron chi connectivity index (χ1n) is 8.89. The van der Waals surface area contributed by atoms with Gasteiger partial charge in [0.2, 0.25) is 0 Å². The molecule has 5 heteroatoms. The van der Waals surface area contributed by atoms with E-state index in [9.17, 15) is 14.7 Å². The maximum Gasteiger partial charge on any atom is 0.303 e. The van der Waals surface area contributed by atoms with Crippen LogP contribution in [0.3, 0.4) is 0 Å². The van der Waals surface area contributed by atoms with Gasteiger partial charge in [0, 0.05) is 14.4 Å². The largest absolute Gasteiger partial charge is 0.507 e. The molecular weight excluding hydrogens is 306 g/mol. The highest BCUT2D eigenvalue weighted by molar-refractivity contribution is 5.96. The number of carboxylic acids is 1. The fourth-order valence-electron chi connectivity index (χ4n) is 2.60. The number of carboxylic acid groups (broad SMARTS) is 1. The van der Waals surface area contributed by atoms with Crippen molar-refractivity contribution in [2.24, 2.45) is 0 Å². The Balaban J connectivity index is 0.00000576. The van der Waals surface area contributed by atoms with Crippen molar-refractivity contribution in [2.45, 2.75) is 64.2 Å². The molecule has 0 aliphatic carbocycles. The topological polar surface area (TPSA) is 86.6 Å². The molecule has 0 spiro atoms. The predicted octanol–water partition coefficient (Wildman–Crippen LogP) is 4.35. The van der Waals surface area contributed by atoms with Crippen molar-refractivity contribution < 1.29 is 21.2 Å². The second kappa shape index (κ2) is 12.4. The van der Waals surface area contributed by atoms with Gasteiger partial charge in [0.25, 0.3) is 5.91 Å². The van der Waals surface area contributed by atoms with E-state index in [1.807, 2.05) is 0 Å². The van der Waals surface area contributed by atoms with Gasteiger partial charge in [-0.25, -0.2) is 0 Å². The average molecular weight is 337 g/mol. The van der Waals surface area contributed by atoms with Crippen LogP contribution in [0.4, 0.5) is 0 Å². The molecule has 0 fully saturated rings. The number of aromatic hydroxyl groups is 1. The van der Waals surface area contributed by atoms with Gasteiger partial charge in [0.15, 0.2) is 0 Å². The number of phenolic OH excluding ortho intramolecular Hbond substituents is 1. The van der Waals surface area contributed by atoms with Crippen LogP contribution in [-0.4, -0.2) is 28.6 Å². The van der Waals surface area contributed by atoms with Crippen LogP contribution in [0.1, 0.15) is 76.0 Å². The number of rotatable bonds is 13. The van der Waals surface area contributed by atoms with Crippen molar-refractivity contribution in [2.75, 3.05) is 6.54 Å². The van der Waals surface area contributed by atoms with Crippen molar-refractivity contribution in [3.05, 3.63) is 29.8 Å². The Morgan fingerprint density at radius 3 is 2.00 bits per heavy atom. The molecule has 24 heavy (non-hydrogen) atoms. The minimum atomic E-state index is -0.704. The minimum absolute atomic E-state index is 0. The van der Waals surface area contributed by atoms with E-state index < -0.39 is 5.97 Å². The highest BCUT2D eigenvalue weighted by Crippen LogP contribution is 2.15. The van der Waals surface area contributed by atoms with Crippen LogP contribution in [0.15, 0.2) is 24.3 Å². The van der Waals surface area contributed by atoms with Crippen molar-refractivity contribution in [3.8, 4) is 5.75 Å². The summed E-state index contributed by atoms with van der Waals surface area (Å²) in [5.74, 6) is -0.919. The van der Waals surface area contributed by atoms with E-state index in [0.717, 1.165) is 38.5 Å². The molecule has 5 nitrogen and oxygen atoms in total. The number of unbranched alkanes of at least 4 members (excludes halogenated alkanes) is 8. The molecule has 1 rings (SSSR count). The fraction of sp³-hybridized carbons (Fsp3) is 0.579. The van der Waals surface area contributed by atoms with E-state index in [1.165, 1.54) is 25.3 Å². The highest BCUT2D eigenvalue weighted by atomic mass is 16.4. The number of hydrogen-bond donors (Lipinski definition) is 3. The second-order valence-electron chi connectivity index (χ2n) is 6.10. The van der Waals surface area contributed by atoms with E-state index in [-0.39, 0.29) is 19.5 Å². The number of aliphatic carboxylic acids is 1. The van der Waals surface area contributed by atoms with Crippen LogP contribution in [0.5, 0.6) is 5.75 Å². The summed E-state index contributed by atoms with van der Waals surface area (Å²) in [5.41, 5.74) is 0.320. The molecule has 0 saturated heterocycles. The Hall–Kier alpha value is -2.04. The second-order valence-corrected chi connectivity index (χ2v) is 6.10. The predicted molar refractivity (Wildman–Crippen MR) is 96.4 cm³/mol. The summed E-state index contributed by atoms with van der Waals surface area (Å²) < 4.78 is 0. The first kappa shape index (κ1) is 20.0. The molecule has 0 heterocycles. The van der Waals surface area contributed by atoms with E-state index in [0.29, 0.717) is 12.1 Å². The molecule has 0 aliphatic heterocycles. The van der Waals surface area contributed by atoms with Crippen LogP contribution >= 0.6 is 0 Å². The summed E-state index contributed by atoms with van der Waals surface area (Å²) in [5, 5.41) is 21.0. The van der Waals surface area contributed by atoms with Gasteiger partial charge in [-0.05, 0) is 25.0 Å². The summed E-state index contributed by atoms with van der Waals surface area (Å²) >= 11 is 0. The first-order chi connectivity index (χ1) is 11.6. The average Bonchev–Trinajstić information content (AvgIpc) is 2.55. The summed E-state index contributed by atoms with van der Waals surface area (Å²) in [6, 6.07) is 6.55. The highest BCUT2D eigenvalue weighted by Gasteiger charge is 2.08. The third-order valence-electron chi connectivity index (χ3n) is 4.00. The quantitative estimate of drug-likeness (QED) is 0.467. The van der Waals surface area contributed by atoms with Crippen LogP contribution in [-0.2, 0) is 4.79 Å². The molecule has 3 N–H and O–H groups in total. The van der Waals surface area contributed by atoms with E-state index in [1.54, 1.807) is 18.2 Å². The van der Waals surface area contributed by atoms with Crippen molar-refractivity contribution in [1.82, 2.24) is 5.32 Å². The third kappa shape index (κ3) is 9.18. The molecule has 0 bridgehead atoms. The van der Waals surface area contributed by atoms with Crippen molar-refractivity contribution >= 4 is 11.9 Å².